The number of hydrogen-bond donors (Lipinski definition) is 0. The Bertz CT molecular complexity index is 1130. The molecule has 0 radical (unpaired) electrons. The summed E-state index contributed by atoms with van der Waals surface area (Å²) in [6.07, 6.45) is 0.536. The van der Waals surface area contributed by atoms with E-state index in [9.17, 15) is 0 Å². The quantitative estimate of drug-likeness (QED) is 0.499. The summed E-state index contributed by atoms with van der Waals surface area (Å²) < 4.78 is 12.0. The maximum atomic E-state index is 6.45. The van der Waals surface area contributed by atoms with Crippen molar-refractivity contribution >= 4 is 17.3 Å². The van der Waals surface area contributed by atoms with Crippen LogP contribution in [0.4, 0.5) is 0 Å². The molecule has 0 saturated heterocycles. The van der Waals surface area contributed by atoms with Gasteiger partial charge in [0, 0.05) is 17.5 Å². The number of benzene rings is 3. The summed E-state index contributed by atoms with van der Waals surface area (Å²) in [6, 6.07) is 22.6. The summed E-state index contributed by atoms with van der Waals surface area (Å²) in [4.78, 5) is 0. The van der Waals surface area contributed by atoms with Gasteiger partial charge in [0.15, 0.2) is 0 Å². The van der Waals surface area contributed by atoms with Crippen LogP contribution in [-0.2, 0) is 0 Å². The van der Waals surface area contributed by atoms with Gasteiger partial charge in [0.2, 0.25) is 6.23 Å². The molecule has 2 aliphatic rings. The van der Waals surface area contributed by atoms with E-state index in [1.165, 1.54) is 5.56 Å². The number of para-hydroxylation sites is 1. The molecule has 0 aliphatic carbocycles. The number of aryl methyl sites for hydroxylation is 1. The molecule has 2 aliphatic heterocycles. The summed E-state index contributed by atoms with van der Waals surface area (Å²) in [5.74, 6) is 1.62. The minimum Gasteiger partial charge on any atom is -0.492 e. The molecule has 5 rings (SSSR count). The highest BCUT2D eigenvalue weighted by Crippen LogP contribution is 2.48. The molecule has 0 saturated carbocycles. The van der Waals surface area contributed by atoms with E-state index >= 15 is 0 Å². The zero-order chi connectivity index (χ0) is 20.7. The SMILES string of the molecule is CCOc1ccc(C2=NN3[C@H](C2)c2ccccc2O[C@H]3c2ccccc2C)cc1Cl. The first-order chi connectivity index (χ1) is 14.7. The van der Waals surface area contributed by atoms with Gasteiger partial charge in [-0.2, -0.15) is 5.10 Å². The van der Waals surface area contributed by atoms with Gasteiger partial charge in [0.1, 0.15) is 11.5 Å². The third-order valence-corrected chi connectivity index (χ3v) is 6.01. The Labute approximate surface area is 181 Å². The zero-order valence-electron chi connectivity index (χ0n) is 17.0. The summed E-state index contributed by atoms with van der Waals surface area (Å²) in [5, 5.41) is 7.73. The molecule has 152 valence electrons. The molecule has 0 fully saturated rings. The van der Waals surface area contributed by atoms with E-state index in [1.54, 1.807) is 0 Å². The van der Waals surface area contributed by atoms with Gasteiger partial charge in [-0.25, -0.2) is 5.01 Å². The van der Waals surface area contributed by atoms with Crippen molar-refractivity contribution in [2.24, 2.45) is 5.10 Å². The van der Waals surface area contributed by atoms with Crippen molar-refractivity contribution in [3.8, 4) is 11.5 Å². The third-order valence-electron chi connectivity index (χ3n) is 5.72. The predicted molar refractivity (Wildman–Crippen MR) is 119 cm³/mol. The topological polar surface area (TPSA) is 34.1 Å². The molecule has 4 nitrogen and oxygen atoms in total. The van der Waals surface area contributed by atoms with Crippen LogP contribution in [0.15, 0.2) is 71.8 Å². The minimum atomic E-state index is -0.262. The largest absolute Gasteiger partial charge is 0.492 e. The van der Waals surface area contributed by atoms with Crippen molar-refractivity contribution in [3.63, 3.8) is 0 Å². The fourth-order valence-corrected chi connectivity index (χ4v) is 4.47. The average molecular weight is 419 g/mol. The zero-order valence-corrected chi connectivity index (χ0v) is 17.8. The van der Waals surface area contributed by atoms with Crippen molar-refractivity contribution in [2.45, 2.75) is 32.5 Å². The second-order valence-electron chi connectivity index (χ2n) is 7.59. The molecule has 0 unspecified atom stereocenters. The van der Waals surface area contributed by atoms with E-state index in [0.717, 1.165) is 34.6 Å². The summed E-state index contributed by atoms with van der Waals surface area (Å²) in [5.41, 5.74) is 5.50. The first kappa shape index (κ1) is 19.0. The molecule has 2 heterocycles. The molecule has 3 aromatic carbocycles. The molecule has 0 spiro atoms. The standard InChI is InChI=1S/C25H23ClN2O2/c1-3-29-24-13-12-17(14-20(24)26)21-15-22-19-10-6-7-11-23(19)30-25(28(22)27-21)18-9-5-4-8-16(18)2/h4-14,22,25H,3,15H2,1-2H3/t22-,25+/m1/s1. The van der Waals surface area contributed by atoms with Crippen LogP contribution in [0.5, 0.6) is 11.5 Å². The lowest BCUT2D eigenvalue weighted by Gasteiger charge is -2.38. The van der Waals surface area contributed by atoms with Gasteiger partial charge in [-0.3, -0.25) is 0 Å². The van der Waals surface area contributed by atoms with E-state index < -0.39 is 0 Å². The number of fused-ring (bicyclic) bond motifs is 3. The highest BCUT2D eigenvalue weighted by molar-refractivity contribution is 6.32. The fraction of sp³-hybridized carbons (Fsp3) is 0.240. The smallest absolute Gasteiger partial charge is 0.214 e. The number of rotatable bonds is 4. The first-order valence-electron chi connectivity index (χ1n) is 10.3. The van der Waals surface area contributed by atoms with Gasteiger partial charge < -0.3 is 9.47 Å². The molecular formula is C25H23ClN2O2. The van der Waals surface area contributed by atoms with Crippen molar-refractivity contribution in [1.29, 1.82) is 0 Å². The van der Waals surface area contributed by atoms with Gasteiger partial charge in [0.25, 0.3) is 0 Å². The second kappa shape index (κ2) is 7.69. The summed E-state index contributed by atoms with van der Waals surface area (Å²) in [7, 11) is 0. The number of nitrogens with zero attached hydrogens (tertiary/aromatic N) is 2. The molecule has 2 atom stereocenters. The van der Waals surface area contributed by atoms with E-state index in [1.807, 2.05) is 49.4 Å². The van der Waals surface area contributed by atoms with Crippen LogP contribution in [0.25, 0.3) is 0 Å². The number of hydrogen-bond acceptors (Lipinski definition) is 4. The Balaban J connectivity index is 1.56. The van der Waals surface area contributed by atoms with Gasteiger partial charge in [0.05, 0.1) is 23.4 Å². The molecule has 5 heteroatoms. The van der Waals surface area contributed by atoms with E-state index in [4.69, 9.17) is 26.2 Å². The van der Waals surface area contributed by atoms with Crippen LogP contribution < -0.4 is 9.47 Å². The Morgan fingerprint density at radius 1 is 1.07 bits per heavy atom. The lowest BCUT2D eigenvalue weighted by atomic mass is 9.95. The van der Waals surface area contributed by atoms with Crippen LogP contribution >= 0.6 is 11.6 Å². The monoisotopic (exact) mass is 418 g/mol. The Morgan fingerprint density at radius 3 is 2.60 bits per heavy atom. The van der Waals surface area contributed by atoms with Crippen molar-refractivity contribution in [2.75, 3.05) is 6.61 Å². The van der Waals surface area contributed by atoms with Crippen LogP contribution in [0.1, 0.15) is 47.9 Å². The molecule has 30 heavy (non-hydrogen) atoms. The van der Waals surface area contributed by atoms with Gasteiger partial charge in [-0.1, -0.05) is 54.1 Å². The minimum absolute atomic E-state index is 0.125. The van der Waals surface area contributed by atoms with Gasteiger partial charge in [-0.15, -0.1) is 0 Å². The number of hydrazone groups is 1. The van der Waals surface area contributed by atoms with E-state index in [0.29, 0.717) is 17.4 Å². The van der Waals surface area contributed by atoms with Crippen molar-refractivity contribution in [3.05, 3.63) is 94.0 Å². The molecule has 0 aromatic heterocycles. The second-order valence-corrected chi connectivity index (χ2v) is 8.00. The van der Waals surface area contributed by atoms with Gasteiger partial charge in [-0.05, 0) is 49.2 Å². The maximum absolute atomic E-state index is 6.45. The first-order valence-corrected chi connectivity index (χ1v) is 10.6. The number of halogens is 1. The molecule has 0 amide bonds. The Kier molecular flexibility index (Phi) is 4.87. The lowest BCUT2D eigenvalue weighted by molar-refractivity contribution is -0.0194. The van der Waals surface area contributed by atoms with Crippen molar-refractivity contribution < 1.29 is 9.47 Å². The number of ether oxygens (including phenoxy) is 2. The Morgan fingerprint density at radius 2 is 1.83 bits per heavy atom. The molecular weight excluding hydrogens is 396 g/mol. The van der Waals surface area contributed by atoms with E-state index in [2.05, 4.69) is 36.2 Å². The lowest BCUT2D eigenvalue weighted by Crippen LogP contribution is -2.34. The normalized spacial score (nSPS) is 19.6. The third kappa shape index (κ3) is 3.21. The van der Waals surface area contributed by atoms with Crippen LogP contribution in [0, 0.1) is 6.92 Å². The van der Waals surface area contributed by atoms with Crippen molar-refractivity contribution in [1.82, 2.24) is 5.01 Å². The molecule has 0 bridgehead atoms. The maximum Gasteiger partial charge on any atom is 0.214 e. The Hall–Kier alpha value is -2.98. The summed E-state index contributed by atoms with van der Waals surface area (Å²) in [6.45, 7) is 4.65. The van der Waals surface area contributed by atoms with Gasteiger partial charge >= 0.3 is 0 Å². The molecule has 0 N–H and O–H groups in total. The highest BCUT2D eigenvalue weighted by atomic mass is 35.5. The van der Waals surface area contributed by atoms with Crippen LogP contribution in [0.2, 0.25) is 5.02 Å². The van der Waals surface area contributed by atoms with E-state index in [-0.39, 0.29) is 12.3 Å². The molecule has 3 aromatic rings. The van der Waals surface area contributed by atoms with Crippen LogP contribution in [0.3, 0.4) is 0 Å². The van der Waals surface area contributed by atoms with Crippen LogP contribution in [-0.4, -0.2) is 17.3 Å². The summed E-state index contributed by atoms with van der Waals surface area (Å²) >= 11 is 6.45. The fourth-order valence-electron chi connectivity index (χ4n) is 4.23. The highest BCUT2D eigenvalue weighted by Gasteiger charge is 2.41. The predicted octanol–water partition coefficient (Wildman–Crippen LogP) is 6.29. The average Bonchev–Trinajstić information content (AvgIpc) is 3.21.